The first-order valence-electron chi connectivity index (χ1n) is 8.17. The van der Waals surface area contributed by atoms with Crippen LogP contribution in [0, 0.1) is 6.92 Å². The lowest BCUT2D eigenvalue weighted by atomic mass is 9.92. The lowest BCUT2D eigenvalue weighted by Crippen LogP contribution is -2.03. The van der Waals surface area contributed by atoms with E-state index in [2.05, 4.69) is 4.74 Å². The number of esters is 2. The second kappa shape index (κ2) is 7.59. The Morgan fingerprint density at radius 2 is 2.00 bits per heavy atom. The van der Waals surface area contributed by atoms with Crippen molar-refractivity contribution in [3.05, 3.63) is 33.9 Å². The second-order valence-electron chi connectivity index (χ2n) is 6.15. The van der Waals surface area contributed by atoms with E-state index >= 15 is 0 Å². The highest BCUT2D eigenvalue weighted by molar-refractivity contribution is 5.98. The van der Waals surface area contributed by atoms with Gasteiger partial charge in [0.15, 0.2) is 0 Å². The third kappa shape index (κ3) is 3.62. The van der Waals surface area contributed by atoms with Crippen molar-refractivity contribution in [3.8, 4) is 11.5 Å². The van der Waals surface area contributed by atoms with E-state index in [-0.39, 0.29) is 17.3 Å². The summed E-state index contributed by atoms with van der Waals surface area (Å²) in [4.78, 5) is 23.3. The summed E-state index contributed by atoms with van der Waals surface area (Å²) in [5.41, 5.74) is 3.23. The van der Waals surface area contributed by atoms with Gasteiger partial charge < -0.3 is 19.3 Å². The normalized spacial score (nSPS) is 16.4. The number of ether oxygens (including phenoxy) is 3. The number of phenolic OH excluding ortho intramolecular Hbond substituents is 1. The summed E-state index contributed by atoms with van der Waals surface area (Å²) >= 11 is 0. The minimum atomic E-state index is -0.515. The van der Waals surface area contributed by atoms with Crippen LogP contribution in [0.1, 0.15) is 59.8 Å². The van der Waals surface area contributed by atoms with E-state index < -0.39 is 12.1 Å². The predicted molar refractivity (Wildman–Crippen MR) is 91.9 cm³/mol. The predicted octanol–water partition coefficient (Wildman–Crippen LogP) is 3.38. The van der Waals surface area contributed by atoms with E-state index in [0.717, 1.165) is 11.1 Å². The molecule has 136 valence electrons. The summed E-state index contributed by atoms with van der Waals surface area (Å²) < 4.78 is 15.3. The summed E-state index contributed by atoms with van der Waals surface area (Å²) in [7, 11) is 2.89. The van der Waals surface area contributed by atoms with Crippen molar-refractivity contribution in [1.29, 1.82) is 0 Å². The molecular weight excluding hydrogens is 324 g/mol. The van der Waals surface area contributed by atoms with Crippen LogP contribution in [0.5, 0.6) is 11.5 Å². The molecule has 1 aromatic rings. The molecule has 1 aromatic carbocycles. The van der Waals surface area contributed by atoms with Gasteiger partial charge in [0, 0.05) is 17.5 Å². The van der Waals surface area contributed by atoms with Crippen molar-refractivity contribution >= 4 is 11.9 Å². The topological polar surface area (TPSA) is 82.1 Å². The van der Waals surface area contributed by atoms with Gasteiger partial charge in [-0.05, 0) is 39.2 Å². The number of rotatable bonds is 6. The van der Waals surface area contributed by atoms with Gasteiger partial charge in [-0.15, -0.1) is 0 Å². The lowest BCUT2D eigenvalue weighted by molar-refractivity contribution is -0.140. The first-order valence-corrected chi connectivity index (χ1v) is 8.17. The van der Waals surface area contributed by atoms with Crippen molar-refractivity contribution in [2.24, 2.45) is 0 Å². The average Bonchev–Trinajstić information content (AvgIpc) is 2.89. The van der Waals surface area contributed by atoms with E-state index in [0.29, 0.717) is 36.1 Å². The largest absolute Gasteiger partial charge is 0.507 e. The molecule has 0 aromatic heterocycles. The summed E-state index contributed by atoms with van der Waals surface area (Å²) in [6.07, 6.45) is 2.76. The average molecular weight is 348 g/mol. The number of methoxy groups -OCH3 is 2. The molecule has 0 saturated carbocycles. The quantitative estimate of drug-likeness (QED) is 0.627. The lowest BCUT2D eigenvalue weighted by Gasteiger charge is -2.17. The fourth-order valence-corrected chi connectivity index (χ4v) is 3.16. The van der Waals surface area contributed by atoms with E-state index in [9.17, 15) is 14.7 Å². The van der Waals surface area contributed by atoms with Crippen molar-refractivity contribution in [3.63, 3.8) is 0 Å². The maximum atomic E-state index is 12.1. The smallest absolute Gasteiger partial charge is 0.342 e. The van der Waals surface area contributed by atoms with Gasteiger partial charge in [-0.1, -0.05) is 11.6 Å². The standard InChI is InChI=1S/C19H24O6/c1-10(7-9-14(20)23-4)6-8-13-17(21)16-15(11(2)18(13)24-5)12(3)25-19(16)22/h6,12,21H,7-9H2,1-5H3/b10-6+. The van der Waals surface area contributed by atoms with Crippen molar-refractivity contribution in [2.75, 3.05) is 14.2 Å². The molecule has 1 N–H and O–H groups in total. The molecule has 2 rings (SSSR count). The molecular formula is C19H24O6. The minimum absolute atomic E-state index is 0.0937. The van der Waals surface area contributed by atoms with Gasteiger partial charge in [-0.2, -0.15) is 0 Å². The maximum Gasteiger partial charge on any atom is 0.342 e. The number of hydrogen-bond donors (Lipinski definition) is 1. The zero-order valence-electron chi connectivity index (χ0n) is 15.3. The molecule has 0 amide bonds. The van der Waals surface area contributed by atoms with Crippen LogP contribution in [-0.4, -0.2) is 31.3 Å². The molecule has 1 atom stereocenters. The molecule has 0 saturated heterocycles. The van der Waals surface area contributed by atoms with Gasteiger partial charge in [-0.3, -0.25) is 4.79 Å². The summed E-state index contributed by atoms with van der Waals surface area (Å²) in [6, 6.07) is 0. The number of aromatic hydroxyl groups is 1. The Morgan fingerprint density at radius 1 is 1.32 bits per heavy atom. The van der Waals surface area contributed by atoms with Gasteiger partial charge in [0.25, 0.3) is 0 Å². The van der Waals surface area contributed by atoms with Gasteiger partial charge in [-0.25, -0.2) is 4.79 Å². The fraction of sp³-hybridized carbons (Fsp3) is 0.474. The van der Waals surface area contributed by atoms with Crippen molar-refractivity contribution < 1.29 is 28.9 Å². The number of carbonyl (C=O) groups excluding carboxylic acids is 2. The zero-order valence-corrected chi connectivity index (χ0v) is 15.3. The van der Waals surface area contributed by atoms with Crippen molar-refractivity contribution in [2.45, 2.75) is 46.1 Å². The third-order valence-corrected chi connectivity index (χ3v) is 4.52. The van der Waals surface area contributed by atoms with Gasteiger partial charge in [0.05, 0.1) is 14.2 Å². The molecule has 0 radical (unpaired) electrons. The Kier molecular flexibility index (Phi) is 5.72. The van der Waals surface area contributed by atoms with Crippen LogP contribution in [0.25, 0.3) is 0 Å². The summed E-state index contributed by atoms with van der Waals surface area (Å²) in [5, 5.41) is 10.6. The highest BCUT2D eigenvalue weighted by Gasteiger charge is 2.36. The number of fused-ring (bicyclic) bond motifs is 1. The van der Waals surface area contributed by atoms with Crippen LogP contribution < -0.4 is 4.74 Å². The highest BCUT2D eigenvalue weighted by Crippen LogP contribution is 2.45. The molecule has 25 heavy (non-hydrogen) atoms. The summed E-state index contributed by atoms with van der Waals surface area (Å²) in [6.45, 7) is 5.53. The molecule has 0 fully saturated rings. The first-order chi connectivity index (χ1) is 11.8. The Balaban J connectivity index is 2.35. The Labute approximate surface area is 147 Å². The Bertz CT molecular complexity index is 732. The van der Waals surface area contributed by atoms with Crippen molar-refractivity contribution in [1.82, 2.24) is 0 Å². The van der Waals surface area contributed by atoms with Gasteiger partial charge in [0.1, 0.15) is 23.2 Å². The molecule has 1 heterocycles. The molecule has 0 bridgehead atoms. The molecule has 1 unspecified atom stereocenters. The van der Waals surface area contributed by atoms with Gasteiger partial charge in [0.2, 0.25) is 0 Å². The van der Waals surface area contributed by atoms with E-state index in [1.165, 1.54) is 14.2 Å². The van der Waals surface area contributed by atoms with Crippen LogP contribution >= 0.6 is 0 Å². The Hall–Kier alpha value is -2.50. The Morgan fingerprint density at radius 3 is 2.60 bits per heavy atom. The molecule has 1 aliphatic heterocycles. The van der Waals surface area contributed by atoms with E-state index in [4.69, 9.17) is 9.47 Å². The minimum Gasteiger partial charge on any atom is -0.507 e. The fourth-order valence-electron chi connectivity index (χ4n) is 3.16. The van der Waals surface area contributed by atoms with Gasteiger partial charge >= 0.3 is 11.9 Å². The molecule has 6 heteroatoms. The zero-order chi connectivity index (χ0) is 18.7. The summed E-state index contributed by atoms with van der Waals surface area (Å²) in [5.74, 6) is -0.320. The number of cyclic esters (lactones) is 1. The molecule has 0 spiro atoms. The molecule has 0 aliphatic carbocycles. The maximum absolute atomic E-state index is 12.1. The number of allylic oxidation sites excluding steroid dienone is 2. The van der Waals surface area contributed by atoms with Crippen LogP contribution in [0.4, 0.5) is 0 Å². The number of phenols is 1. The number of benzene rings is 1. The van der Waals surface area contributed by atoms with Crippen LogP contribution in [0.15, 0.2) is 11.6 Å². The molecule has 6 nitrogen and oxygen atoms in total. The monoisotopic (exact) mass is 348 g/mol. The highest BCUT2D eigenvalue weighted by atomic mass is 16.5. The second-order valence-corrected chi connectivity index (χ2v) is 6.15. The van der Waals surface area contributed by atoms with Crippen LogP contribution in [-0.2, 0) is 20.7 Å². The van der Waals surface area contributed by atoms with E-state index in [1.54, 1.807) is 6.92 Å². The third-order valence-electron chi connectivity index (χ3n) is 4.52. The molecule has 1 aliphatic rings. The van der Waals surface area contributed by atoms with E-state index in [1.807, 2.05) is 19.9 Å². The number of hydrogen-bond acceptors (Lipinski definition) is 6. The van der Waals surface area contributed by atoms with Crippen LogP contribution in [0.2, 0.25) is 0 Å². The first kappa shape index (κ1) is 18.8. The number of carbonyl (C=O) groups is 2. The van der Waals surface area contributed by atoms with Crippen LogP contribution in [0.3, 0.4) is 0 Å². The SMILES string of the molecule is COC(=O)CC/C(C)=C/Cc1c(O)c2c(c(C)c1OC)C(C)OC2=O.